The van der Waals surface area contributed by atoms with E-state index in [9.17, 15) is 17.6 Å². The van der Waals surface area contributed by atoms with Crippen molar-refractivity contribution < 1.29 is 31.8 Å². The second-order valence-electron chi connectivity index (χ2n) is 5.50. The van der Waals surface area contributed by atoms with Gasteiger partial charge in [-0.15, -0.1) is 0 Å². The van der Waals surface area contributed by atoms with Crippen LogP contribution >= 0.6 is 0 Å². The summed E-state index contributed by atoms with van der Waals surface area (Å²) in [4.78, 5) is 0. The number of rotatable bonds is 7. The molecule has 0 heterocycles. The lowest BCUT2D eigenvalue weighted by molar-refractivity contribution is -0.228. The van der Waals surface area contributed by atoms with Crippen LogP contribution in [0.1, 0.15) is 38.2 Å². The number of allylic oxidation sites excluding steroid dienone is 1. The first kappa shape index (κ1) is 18.6. The van der Waals surface area contributed by atoms with Crippen LogP contribution in [-0.2, 0) is 15.6 Å². The zero-order valence-corrected chi connectivity index (χ0v) is 13.6. The minimum absolute atomic E-state index is 0.0268. The summed E-state index contributed by atoms with van der Waals surface area (Å²) in [6, 6.07) is 1.70. The van der Waals surface area contributed by atoms with Crippen molar-refractivity contribution in [2.45, 2.75) is 44.8 Å². The van der Waals surface area contributed by atoms with Gasteiger partial charge in [-0.25, -0.2) is 4.39 Å². The van der Waals surface area contributed by atoms with Gasteiger partial charge in [-0.2, -0.15) is 13.2 Å². The van der Waals surface area contributed by atoms with Crippen LogP contribution in [-0.4, -0.2) is 19.8 Å². The summed E-state index contributed by atoms with van der Waals surface area (Å²) in [6.45, 7) is 2.59. The van der Waals surface area contributed by atoms with Crippen molar-refractivity contribution in [2.75, 3.05) is 13.7 Å². The lowest BCUT2D eigenvalue weighted by Gasteiger charge is -2.26. The highest BCUT2D eigenvalue weighted by molar-refractivity contribution is 5.32. The van der Waals surface area contributed by atoms with Crippen LogP contribution in [0.15, 0.2) is 24.0 Å². The lowest BCUT2D eigenvalue weighted by atomic mass is 10.0. The highest BCUT2D eigenvalue weighted by Gasteiger charge is 2.40. The van der Waals surface area contributed by atoms with Gasteiger partial charge in [-0.05, 0) is 37.5 Å². The van der Waals surface area contributed by atoms with E-state index in [4.69, 9.17) is 4.74 Å². The highest BCUT2D eigenvalue weighted by Crippen LogP contribution is 2.38. The van der Waals surface area contributed by atoms with Crippen molar-refractivity contribution in [1.29, 1.82) is 0 Å². The number of alkyl halides is 2. The normalized spacial score (nSPS) is 18.2. The summed E-state index contributed by atoms with van der Waals surface area (Å²) in [5.74, 6) is -3.55. The van der Waals surface area contributed by atoms with E-state index < -0.39 is 29.1 Å². The summed E-state index contributed by atoms with van der Waals surface area (Å²) in [5, 5.41) is 0. The van der Waals surface area contributed by atoms with Crippen LogP contribution in [0.2, 0.25) is 0 Å². The molecule has 0 bridgehead atoms. The minimum Gasteiger partial charge on any atom is -0.494 e. The third kappa shape index (κ3) is 4.20. The molecule has 0 aromatic heterocycles. The Morgan fingerprint density at radius 1 is 1.21 bits per heavy atom. The van der Waals surface area contributed by atoms with Crippen molar-refractivity contribution in [1.82, 2.24) is 0 Å². The predicted molar refractivity (Wildman–Crippen MR) is 79.9 cm³/mol. The topological polar surface area (TPSA) is 27.7 Å². The first-order valence-corrected chi connectivity index (χ1v) is 7.79. The van der Waals surface area contributed by atoms with E-state index in [0.29, 0.717) is 19.4 Å². The molecule has 0 amide bonds. The fraction of sp³-hybridized carbons (Fsp3) is 0.529. The zero-order valence-electron chi connectivity index (χ0n) is 13.6. The molecule has 1 aromatic rings. The van der Waals surface area contributed by atoms with Crippen molar-refractivity contribution in [2.24, 2.45) is 0 Å². The molecule has 0 spiro atoms. The molecule has 7 heteroatoms. The van der Waals surface area contributed by atoms with Gasteiger partial charge in [0.25, 0.3) is 0 Å². The average molecular weight is 348 g/mol. The van der Waals surface area contributed by atoms with Crippen molar-refractivity contribution in [3.05, 3.63) is 41.2 Å². The molecule has 134 valence electrons. The Balaban J connectivity index is 2.09. The second-order valence-corrected chi connectivity index (χ2v) is 5.50. The van der Waals surface area contributed by atoms with Crippen LogP contribution in [0.5, 0.6) is 5.75 Å². The summed E-state index contributed by atoms with van der Waals surface area (Å²) >= 11 is 0. The standard InChI is InChI=1S/C17H20F4O3/c1-3-10-23-11-4-6-12(7-5-11)24-17(20,21)13-8-9-14(22-2)16(19)15(13)18/h6,8-9,11H,3-5,7,10H2,1-2H3. The van der Waals surface area contributed by atoms with Gasteiger partial charge in [0.2, 0.25) is 5.82 Å². The molecule has 0 saturated heterocycles. The Labute approximate surface area is 138 Å². The zero-order chi connectivity index (χ0) is 17.7. The molecule has 3 nitrogen and oxygen atoms in total. The molecule has 0 N–H and O–H groups in total. The molecule has 1 unspecified atom stereocenters. The van der Waals surface area contributed by atoms with Gasteiger partial charge < -0.3 is 14.2 Å². The molecule has 1 aromatic carbocycles. The summed E-state index contributed by atoms with van der Waals surface area (Å²) in [6.07, 6.45) is -0.364. The van der Waals surface area contributed by atoms with Gasteiger partial charge in [-0.1, -0.05) is 6.92 Å². The highest BCUT2D eigenvalue weighted by atomic mass is 19.3. The second kappa shape index (κ2) is 7.88. The third-order valence-corrected chi connectivity index (χ3v) is 3.72. The summed E-state index contributed by atoms with van der Waals surface area (Å²) in [5.41, 5.74) is -1.16. The van der Waals surface area contributed by atoms with E-state index in [0.717, 1.165) is 25.7 Å². The van der Waals surface area contributed by atoms with Crippen LogP contribution in [0.3, 0.4) is 0 Å². The number of benzene rings is 1. The summed E-state index contributed by atoms with van der Waals surface area (Å²) < 4.78 is 70.6. The Kier molecular flexibility index (Phi) is 6.10. The van der Waals surface area contributed by atoms with Gasteiger partial charge in [0, 0.05) is 13.0 Å². The van der Waals surface area contributed by atoms with E-state index in [1.807, 2.05) is 6.92 Å². The van der Waals surface area contributed by atoms with Gasteiger partial charge in [0.15, 0.2) is 11.6 Å². The fourth-order valence-electron chi connectivity index (χ4n) is 2.45. The van der Waals surface area contributed by atoms with E-state index in [1.54, 1.807) is 0 Å². The molecular weight excluding hydrogens is 328 g/mol. The van der Waals surface area contributed by atoms with Crippen molar-refractivity contribution >= 4 is 0 Å². The largest absolute Gasteiger partial charge is 0.494 e. The molecule has 1 aliphatic carbocycles. The van der Waals surface area contributed by atoms with Crippen molar-refractivity contribution in [3.63, 3.8) is 0 Å². The Hall–Kier alpha value is -1.76. The van der Waals surface area contributed by atoms with Gasteiger partial charge in [0.1, 0.15) is 5.56 Å². The van der Waals surface area contributed by atoms with Crippen LogP contribution < -0.4 is 4.74 Å². The quantitative estimate of drug-likeness (QED) is 0.656. The molecule has 0 fully saturated rings. The molecular formula is C17H20F4O3. The SMILES string of the molecule is CCCOC1CC=C(OC(F)(F)c2ccc(OC)c(F)c2F)CC1. The van der Waals surface area contributed by atoms with Gasteiger partial charge >= 0.3 is 6.11 Å². The summed E-state index contributed by atoms with van der Waals surface area (Å²) in [7, 11) is 1.12. The fourth-order valence-corrected chi connectivity index (χ4v) is 2.45. The first-order valence-electron chi connectivity index (χ1n) is 7.79. The maximum atomic E-state index is 14.2. The number of hydrogen-bond acceptors (Lipinski definition) is 3. The predicted octanol–water partition coefficient (Wildman–Crippen LogP) is 4.90. The van der Waals surface area contributed by atoms with E-state index in [-0.39, 0.29) is 18.3 Å². The smallest absolute Gasteiger partial charge is 0.429 e. The maximum absolute atomic E-state index is 14.2. The number of methoxy groups -OCH3 is 1. The molecule has 24 heavy (non-hydrogen) atoms. The number of halogens is 4. The molecule has 0 radical (unpaired) electrons. The minimum atomic E-state index is -3.97. The van der Waals surface area contributed by atoms with E-state index in [2.05, 4.69) is 9.47 Å². The number of ether oxygens (including phenoxy) is 3. The maximum Gasteiger partial charge on any atom is 0.429 e. The third-order valence-electron chi connectivity index (χ3n) is 3.72. The average Bonchev–Trinajstić information content (AvgIpc) is 2.56. The van der Waals surface area contributed by atoms with E-state index >= 15 is 0 Å². The first-order chi connectivity index (χ1) is 11.4. The van der Waals surface area contributed by atoms with Crippen LogP contribution in [0.4, 0.5) is 17.6 Å². The van der Waals surface area contributed by atoms with Gasteiger partial charge in [-0.3, -0.25) is 0 Å². The Bertz CT molecular complexity index is 602. The molecule has 0 saturated carbocycles. The lowest BCUT2D eigenvalue weighted by Crippen LogP contribution is -2.23. The van der Waals surface area contributed by atoms with E-state index in [1.165, 1.54) is 6.08 Å². The van der Waals surface area contributed by atoms with Gasteiger partial charge in [0.05, 0.1) is 19.0 Å². The molecule has 1 atom stereocenters. The Morgan fingerprint density at radius 3 is 2.54 bits per heavy atom. The Morgan fingerprint density at radius 2 is 1.96 bits per heavy atom. The monoisotopic (exact) mass is 348 g/mol. The molecule has 2 rings (SSSR count). The molecule has 1 aliphatic rings. The number of hydrogen-bond donors (Lipinski definition) is 0. The molecule has 0 aliphatic heterocycles. The van der Waals surface area contributed by atoms with Crippen LogP contribution in [0.25, 0.3) is 0 Å². The van der Waals surface area contributed by atoms with Crippen molar-refractivity contribution in [3.8, 4) is 5.75 Å². The van der Waals surface area contributed by atoms with Crippen LogP contribution in [0, 0.1) is 11.6 Å².